The molecule has 0 bridgehead atoms. The van der Waals surface area contributed by atoms with E-state index in [-0.39, 0.29) is 0 Å². The molecule has 0 atom stereocenters. The number of rotatable bonds is 5. The van der Waals surface area contributed by atoms with Gasteiger partial charge < -0.3 is 15.4 Å². The minimum atomic E-state index is 0.658. The SMILES string of the molecule is Nc1ccc(OCCN2CCN(C=O)CC2)cc1. The van der Waals surface area contributed by atoms with E-state index in [2.05, 4.69) is 4.90 Å². The van der Waals surface area contributed by atoms with E-state index in [4.69, 9.17) is 10.5 Å². The van der Waals surface area contributed by atoms with Crippen molar-refractivity contribution in [2.75, 3.05) is 45.1 Å². The molecule has 2 rings (SSSR count). The highest BCUT2D eigenvalue weighted by atomic mass is 16.5. The summed E-state index contributed by atoms with van der Waals surface area (Å²) in [4.78, 5) is 14.7. The molecule has 1 aliphatic rings. The van der Waals surface area contributed by atoms with Gasteiger partial charge in [0.15, 0.2) is 0 Å². The van der Waals surface area contributed by atoms with Gasteiger partial charge in [0.05, 0.1) is 0 Å². The number of nitrogens with two attached hydrogens (primary N) is 1. The lowest BCUT2D eigenvalue weighted by atomic mass is 10.3. The standard InChI is InChI=1S/C13H19N3O2/c14-12-1-3-13(4-2-12)18-10-9-15-5-7-16(11-17)8-6-15/h1-4,11H,5-10,14H2. The van der Waals surface area contributed by atoms with Crippen LogP contribution in [0, 0.1) is 0 Å². The summed E-state index contributed by atoms with van der Waals surface area (Å²) in [5, 5.41) is 0. The third-order valence-corrected chi connectivity index (χ3v) is 3.11. The van der Waals surface area contributed by atoms with Crippen LogP contribution in [0.15, 0.2) is 24.3 Å². The molecule has 0 saturated carbocycles. The van der Waals surface area contributed by atoms with E-state index in [0.29, 0.717) is 6.61 Å². The minimum absolute atomic E-state index is 0.658. The molecule has 0 radical (unpaired) electrons. The molecule has 0 aliphatic carbocycles. The van der Waals surface area contributed by atoms with E-state index in [9.17, 15) is 4.79 Å². The van der Waals surface area contributed by atoms with Crippen LogP contribution >= 0.6 is 0 Å². The molecule has 1 saturated heterocycles. The fraction of sp³-hybridized carbons (Fsp3) is 0.462. The highest BCUT2D eigenvalue weighted by Crippen LogP contribution is 2.12. The highest BCUT2D eigenvalue weighted by molar-refractivity contribution is 5.47. The second kappa shape index (κ2) is 6.26. The second-order valence-electron chi connectivity index (χ2n) is 4.40. The number of nitrogen functional groups attached to an aromatic ring is 1. The zero-order valence-corrected chi connectivity index (χ0v) is 10.4. The second-order valence-corrected chi connectivity index (χ2v) is 4.40. The number of piperazine rings is 1. The van der Waals surface area contributed by atoms with Crippen LogP contribution in [0.4, 0.5) is 5.69 Å². The maximum absolute atomic E-state index is 10.6. The maximum Gasteiger partial charge on any atom is 0.209 e. The molecule has 1 fully saturated rings. The van der Waals surface area contributed by atoms with Gasteiger partial charge in [-0.15, -0.1) is 0 Å². The number of ether oxygens (including phenoxy) is 1. The van der Waals surface area contributed by atoms with Gasteiger partial charge in [-0.05, 0) is 24.3 Å². The summed E-state index contributed by atoms with van der Waals surface area (Å²) >= 11 is 0. The van der Waals surface area contributed by atoms with Crippen molar-refractivity contribution in [1.82, 2.24) is 9.80 Å². The third kappa shape index (κ3) is 3.63. The molecule has 1 aromatic rings. The quantitative estimate of drug-likeness (QED) is 0.607. The molecule has 1 heterocycles. The van der Waals surface area contributed by atoms with Crippen molar-refractivity contribution in [3.8, 4) is 5.75 Å². The number of benzene rings is 1. The Morgan fingerprint density at radius 3 is 2.44 bits per heavy atom. The minimum Gasteiger partial charge on any atom is -0.492 e. The molecule has 2 N–H and O–H groups in total. The Labute approximate surface area is 107 Å². The Morgan fingerprint density at radius 1 is 1.17 bits per heavy atom. The van der Waals surface area contributed by atoms with Crippen LogP contribution in [0.5, 0.6) is 5.75 Å². The molecule has 5 nitrogen and oxygen atoms in total. The first-order valence-electron chi connectivity index (χ1n) is 6.18. The van der Waals surface area contributed by atoms with Crippen molar-refractivity contribution in [3.63, 3.8) is 0 Å². The third-order valence-electron chi connectivity index (χ3n) is 3.11. The Balaban J connectivity index is 1.67. The van der Waals surface area contributed by atoms with E-state index in [0.717, 1.165) is 50.6 Å². The van der Waals surface area contributed by atoms with Crippen molar-refractivity contribution in [2.45, 2.75) is 0 Å². The number of anilines is 1. The number of carbonyl (C=O) groups is 1. The number of hydrogen-bond acceptors (Lipinski definition) is 4. The van der Waals surface area contributed by atoms with E-state index in [1.165, 1.54) is 0 Å². The summed E-state index contributed by atoms with van der Waals surface area (Å²) in [5.74, 6) is 0.843. The van der Waals surface area contributed by atoms with Gasteiger partial charge in [0.2, 0.25) is 6.41 Å². The monoisotopic (exact) mass is 249 g/mol. The largest absolute Gasteiger partial charge is 0.492 e. The molecule has 0 aromatic heterocycles. The zero-order valence-electron chi connectivity index (χ0n) is 10.4. The molecule has 0 unspecified atom stereocenters. The first-order chi connectivity index (χ1) is 8.78. The van der Waals surface area contributed by atoms with Crippen LogP contribution in [-0.4, -0.2) is 55.5 Å². The lowest BCUT2D eigenvalue weighted by molar-refractivity contribution is -0.119. The van der Waals surface area contributed by atoms with Gasteiger partial charge in [0, 0.05) is 38.4 Å². The first kappa shape index (κ1) is 12.7. The molecule has 1 aliphatic heterocycles. The highest BCUT2D eigenvalue weighted by Gasteiger charge is 2.14. The Morgan fingerprint density at radius 2 is 1.83 bits per heavy atom. The van der Waals surface area contributed by atoms with Crippen molar-refractivity contribution in [1.29, 1.82) is 0 Å². The molecular weight excluding hydrogens is 230 g/mol. The molecule has 1 amide bonds. The maximum atomic E-state index is 10.6. The summed E-state index contributed by atoms with van der Waals surface area (Å²) < 4.78 is 5.64. The van der Waals surface area contributed by atoms with Gasteiger partial charge in [-0.25, -0.2) is 0 Å². The Bertz CT molecular complexity index is 372. The van der Waals surface area contributed by atoms with Gasteiger partial charge in [0.1, 0.15) is 12.4 Å². The van der Waals surface area contributed by atoms with Crippen molar-refractivity contribution in [3.05, 3.63) is 24.3 Å². The van der Waals surface area contributed by atoms with Gasteiger partial charge >= 0.3 is 0 Å². The number of nitrogens with zero attached hydrogens (tertiary/aromatic N) is 2. The number of carbonyl (C=O) groups excluding carboxylic acids is 1. The van der Waals surface area contributed by atoms with Crippen LogP contribution in [0.3, 0.4) is 0 Å². The summed E-state index contributed by atoms with van der Waals surface area (Å²) in [5.41, 5.74) is 6.34. The normalized spacial score (nSPS) is 16.6. The van der Waals surface area contributed by atoms with Crippen molar-refractivity contribution >= 4 is 12.1 Å². The van der Waals surface area contributed by atoms with E-state index < -0.39 is 0 Å². The Kier molecular flexibility index (Phi) is 4.41. The first-order valence-corrected chi connectivity index (χ1v) is 6.18. The van der Waals surface area contributed by atoms with Gasteiger partial charge in [-0.3, -0.25) is 9.69 Å². The fourth-order valence-corrected chi connectivity index (χ4v) is 1.95. The zero-order chi connectivity index (χ0) is 12.8. The van der Waals surface area contributed by atoms with Crippen LogP contribution < -0.4 is 10.5 Å². The van der Waals surface area contributed by atoms with Crippen molar-refractivity contribution in [2.24, 2.45) is 0 Å². The van der Waals surface area contributed by atoms with Crippen molar-refractivity contribution < 1.29 is 9.53 Å². The topological polar surface area (TPSA) is 58.8 Å². The predicted molar refractivity (Wildman–Crippen MR) is 70.4 cm³/mol. The van der Waals surface area contributed by atoms with Gasteiger partial charge in [0.25, 0.3) is 0 Å². The molecule has 18 heavy (non-hydrogen) atoms. The molecule has 0 spiro atoms. The van der Waals surface area contributed by atoms with E-state index in [1.807, 2.05) is 24.3 Å². The number of amides is 1. The van der Waals surface area contributed by atoms with Crippen LogP contribution in [0.2, 0.25) is 0 Å². The summed E-state index contributed by atoms with van der Waals surface area (Å²) in [7, 11) is 0. The summed E-state index contributed by atoms with van der Waals surface area (Å²) in [6.45, 7) is 5.01. The predicted octanol–water partition coefficient (Wildman–Crippen LogP) is 0.422. The lowest BCUT2D eigenvalue weighted by Gasteiger charge is -2.32. The van der Waals surface area contributed by atoms with Crippen LogP contribution in [0.25, 0.3) is 0 Å². The molecular formula is C13H19N3O2. The average Bonchev–Trinajstić information content (AvgIpc) is 2.42. The van der Waals surface area contributed by atoms with Gasteiger partial charge in [-0.1, -0.05) is 0 Å². The van der Waals surface area contributed by atoms with E-state index >= 15 is 0 Å². The summed E-state index contributed by atoms with van der Waals surface area (Å²) in [6, 6.07) is 7.41. The van der Waals surface area contributed by atoms with Crippen LogP contribution in [-0.2, 0) is 4.79 Å². The lowest BCUT2D eigenvalue weighted by Crippen LogP contribution is -2.46. The average molecular weight is 249 g/mol. The molecule has 5 heteroatoms. The fourth-order valence-electron chi connectivity index (χ4n) is 1.95. The van der Waals surface area contributed by atoms with E-state index in [1.54, 1.807) is 4.90 Å². The smallest absolute Gasteiger partial charge is 0.209 e. The Hall–Kier alpha value is -1.75. The number of hydrogen-bond donors (Lipinski definition) is 1. The molecule has 98 valence electrons. The molecule has 1 aromatic carbocycles. The van der Waals surface area contributed by atoms with Gasteiger partial charge in [-0.2, -0.15) is 0 Å². The van der Waals surface area contributed by atoms with Crippen LogP contribution in [0.1, 0.15) is 0 Å². The summed E-state index contributed by atoms with van der Waals surface area (Å²) in [6.07, 6.45) is 0.919.